The zero-order chi connectivity index (χ0) is 13.0. The van der Waals surface area contributed by atoms with Crippen molar-refractivity contribution in [1.29, 1.82) is 0 Å². The largest absolute Gasteiger partial charge is 0.492 e. The predicted molar refractivity (Wildman–Crippen MR) is 68.9 cm³/mol. The summed E-state index contributed by atoms with van der Waals surface area (Å²) in [6, 6.07) is 1.80. The third-order valence-electron chi connectivity index (χ3n) is 3.46. The van der Waals surface area contributed by atoms with Gasteiger partial charge in [-0.2, -0.15) is 0 Å². The number of alkyl halides is 2. The van der Waals surface area contributed by atoms with E-state index in [4.69, 9.17) is 4.74 Å². The number of ether oxygens (including phenoxy) is 1. The molecule has 1 saturated carbocycles. The molecule has 1 heterocycles. The van der Waals surface area contributed by atoms with Gasteiger partial charge in [0.25, 0.3) is 0 Å². The molecule has 0 radical (unpaired) electrons. The Labute approximate surface area is 114 Å². The van der Waals surface area contributed by atoms with Gasteiger partial charge >= 0.3 is 0 Å². The molecule has 0 saturated heterocycles. The lowest BCUT2D eigenvalue weighted by Crippen LogP contribution is -2.23. The summed E-state index contributed by atoms with van der Waals surface area (Å²) in [6.07, 6.45) is 4.08. The van der Waals surface area contributed by atoms with Crippen molar-refractivity contribution in [3.63, 3.8) is 0 Å². The van der Waals surface area contributed by atoms with Crippen molar-refractivity contribution >= 4 is 15.9 Å². The molecule has 100 valence electrons. The molecule has 0 unspecified atom stereocenters. The maximum atomic E-state index is 12.5. The summed E-state index contributed by atoms with van der Waals surface area (Å²) < 4.78 is 31.5. The highest BCUT2D eigenvalue weighted by Gasteiger charge is 2.27. The lowest BCUT2D eigenvalue weighted by molar-refractivity contribution is 0.0405. The number of hydrogen-bond acceptors (Lipinski definition) is 2. The Balaban J connectivity index is 1.77. The third-order valence-corrected chi connectivity index (χ3v) is 4.05. The highest BCUT2D eigenvalue weighted by Crippen LogP contribution is 2.33. The smallest absolute Gasteiger partial charge is 0.241 e. The average Bonchev–Trinajstić information content (AvgIpc) is 2.38. The van der Waals surface area contributed by atoms with Gasteiger partial charge < -0.3 is 4.74 Å². The average molecular weight is 320 g/mol. The highest BCUT2D eigenvalue weighted by molar-refractivity contribution is 9.10. The van der Waals surface area contributed by atoms with E-state index in [2.05, 4.69) is 20.9 Å². The Bertz CT molecular complexity index is 381. The third kappa shape index (κ3) is 3.64. The lowest BCUT2D eigenvalue weighted by Gasteiger charge is -2.27. The number of aromatic nitrogens is 1. The monoisotopic (exact) mass is 319 g/mol. The van der Waals surface area contributed by atoms with Crippen LogP contribution < -0.4 is 4.74 Å². The molecule has 1 fully saturated rings. The molecule has 0 atom stereocenters. The molecule has 0 N–H and O–H groups in total. The van der Waals surface area contributed by atoms with Crippen LogP contribution in [0.2, 0.25) is 0 Å². The van der Waals surface area contributed by atoms with E-state index < -0.39 is 12.3 Å². The first kappa shape index (κ1) is 13.7. The van der Waals surface area contributed by atoms with Crippen molar-refractivity contribution in [2.75, 3.05) is 6.61 Å². The van der Waals surface area contributed by atoms with Crippen LogP contribution in [0.15, 0.2) is 22.9 Å². The van der Waals surface area contributed by atoms with Crippen LogP contribution >= 0.6 is 15.9 Å². The van der Waals surface area contributed by atoms with Crippen molar-refractivity contribution in [3.8, 4) is 5.75 Å². The highest BCUT2D eigenvalue weighted by atomic mass is 79.9. The Hall–Kier alpha value is -0.710. The van der Waals surface area contributed by atoms with Crippen LogP contribution in [-0.2, 0) is 0 Å². The molecule has 0 aromatic carbocycles. The van der Waals surface area contributed by atoms with Crippen molar-refractivity contribution in [3.05, 3.63) is 22.9 Å². The van der Waals surface area contributed by atoms with E-state index in [-0.39, 0.29) is 0 Å². The Morgan fingerprint density at radius 2 is 2.06 bits per heavy atom. The van der Waals surface area contributed by atoms with Gasteiger partial charge in [0.15, 0.2) is 0 Å². The van der Waals surface area contributed by atoms with Crippen LogP contribution in [0.1, 0.15) is 25.7 Å². The summed E-state index contributed by atoms with van der Waals surface area (Å²) in [5, 5.41) is 0. The first-order chi connectivity index (χ1) is 8.66. The molecule has 1 aliphatic rings. The van der Waals surface area contributed by atoms with Gasteiger partial charge in [-0.15, -0.1) is 0 Å². The first-order valence-corrected chi connectivity index (χ1v) is 6.96. The Kier molecular flexibility index (Phi) is 4.92. The molecule has 0 spiro atoms. The second kappa shape index (κ2) is 6.45. The maximum Gasteiger partial charge on any atom is 0.241 e. The van der Waals surface area contributed by atoms with Crippen LogP contribution in [-0.4, -0.2) is 18.0 Å². The van der Waals surface area contributed by atoms with Crippen LogP contribution in [0.4, 0.5) is 8.78 Å². The minimum Gasteiger partial charge on any atom is -0.492 e. The van der Waals surface area contributed by atoms with Crippen LogP contribution in [0.3, 0.4) is 0 Å². The second-order valence-corrected chi connectivity index (χ2v) is 5.59. The van der Waals surface area contributed by atoms with Gasteiger partial charge in [0.1, 0.15) is 5.75 Å². The fourth-order valence-electron chi connectivity index (χ4n) is 2.29. The van der Waals surface area contributed by atoms with E-state index in [0.29, 0.717) is 25.4 Å². The van der Waals surface area contributed by atoms with E-state index in [0.717, 1.165) is 23.1 Å². The summed E-state index contributed by atoms with van der Waals surface area (Å²) in [7, 11) is 0. The van der Waals surface area contributed by atoms with E-state index in [1.54, 1.807) is 18.5 Å². The van der Waals surface area contributed by atoms with Gasteiger partial charge in [-0.25, -0.2) is 8.78 Å². The van der Waals surface area contributed by atoms with Gasteiger partial charge in [0, 0.05) is 18.3 Å². The first-order valence-electron chi connectivity index (χ1n) is 6.17. The molecule has 1 aliphatic carbocycles. The van der Waals surface area contributed by atoms with E-state index >= 15 is 0 Å². The minimum atomic E-state index is -2.17. The van der Waals surface area contributed by atoms with Gasteiger partial charge in [0.2, 0.25) is 6.43 Å². The zero-order valence-corrected chi connectivity index (χ0v) is 11.6. The van der Waals surface area contributed by atoms with Gasteiger partial charge in [-0.3, -0.25) is 4.98 Å². The van der Waals surface area contributed by atoms with Gasteiger partial charge in [-0.05, 0) is 53.6 Å². The number of pyridine rings is 1. The predicted octanol–water partition coefficient (Wildman–Crippen LogP) is 4.29. The number of hydrogen-bond donors (Lipinski definition) is 0. The molecule has 2 nitrogen and oxygen atoms in total. The molecule has 18 heavy (non-hydrogen) atoms. The summed E-state index contributed by atoms with van der Waals surface area (Å²) in [4.78, 5) is 3.96. The summed E-state index contributed by atoms with van der Waals surface area (Å²) in [6.45, 7) is 0.596. The Morgan fingerprint density at radius 1 is 1.33 bits per heavy atom. The van der Waals surface area contributed by atoms with Crippen LogP contribution in [0.5, 0.6) is 5.75 Å². The topological polar surface area (TPSA) is 22.1 Å². The summed E-state index contributed by atoms with van der Waals surface area (Å²) >= 11 is 3.36. The van der Waals surface area contributed by atoms with Crippen molar-refractivity contribution in [1.82, 2.24) is 4.98 Å². The van der Waals surface area contributed by atoms with Crippen molar-refractivity contribution in [2.45, 2.75) is 32.1 Å². The number of halogens is 3. The molecular weight excluding hydrogens is 304 g/mol. The van der Waals surface area contributed by atoms with Gasteiger partial charge in [0.05, 0.1) is 11.1 Å². The fourth-order valence-corrected chi connectivity index (χ4v) is 2.66. The molecular formula is C13H16BrF2NO. The lowest BCUT2D eigenvalue weighted by atomic mass is 9.82. The van der Waals surface area contributed by atoms with Crippen molar-refractivity contribution < 1.29 is 13.5 Å². The van der Waals surface area contributed by atoms with E-state index in [1.807, 2.05) is 0 Å². The summed E-state index contributed by atoms with van der Waals surface area (Å²) in [5.74, 6) is 0.745. The quantitative estimate of drug-likeness (QED) is 0.825. The molecule has 0 bridgehead atoms. The Morgan fingerprint density at radius 3 is 2.67 bits per heavy atom. The molecule has 1 aromatic rings. The van der Waals surface area contributed by atoms with Gasteiger partial charge in [-0.1, -0.05) is 0 Å². The zero-order valence-electron chi connectivity index (χ0n) is 9.99. The maximum absolute atomic E-state index is 12.5. The number of nitrogens with zero attached hydrogens (tertiary/aromatic N) is 1. The SMILES string of the molecule is FC(F)C1CCC(COc2ccncc2Br)CC1. The van der Waals surface area contributed by atoms with Crippen LogP contribution in [0.25, 0.3) is 0 Å². The van der Waals surface area contributed by atoms with E-state index in [1.165, 1.54) is 0 Å². The molecule has 1 aromatic heterocycles. The second-order valence-electron chi connectivity index (χ2n) is 4.73. The normalized spacial score (nSPS) is 24.2. The number of rotatable bonds is 4. The molecule has 2 rings (SSSR count). The summed E-state index contributed by atoms with van der Waals surface area (Å²) in [5.41, 5.74) is 0. The van der Waals surface area contributed by atoms with Crippen molar-refractivity contribution in [2.24, 2.45) is 11.8 Å². The van der Waals surface area contributed by atoms with Crippen LogP contribution in [0, 0.1) is 11.8 Å². The minimum absolute atomic E-state index is 0.389. The van der Waals surface area contributed by atoms with E-state index in [9.17, 15) is 8.78 Å². The molecule has 0 amide bonds. The standard InChI is InChI=1S/C13H16BrF2NO/c14-11-7-17-6-5-12(11)18-8-9-1-3-10(4-2-9)13(15)16/h5-7,9-10,13H,1-4,8H2. The molecule has 5 heteroatoms. The fraction of sp³-hybridized carbons (Fsp3) is 0.615. The molecule has 0 aliphatic heterocycles.